The number of benzene rings is 1. The Morgan fingerprint density at radius 2 is 2.00 bits per heavy atom. The summed E-state index contributed by atoms with van der Waals surface area (Å²) in [5.74, 6) is 0. The van der Waals surface area contributed by atoms with Crippen LogP contribution in [0.3, 0.4) is 0 Å². The minimum atomic E-state index is -0.946. The lowest BCUT2D eigenvalue weighted by Crippen LogP contribution is -1.81. The number of hydrogen-bond donors (Lipinski definition) is 1. The molecule has 1 unspecified atom stereocenters. The molecule has 0 spiro atoms. The average molecular weight is 203 g/mol. The molecule has 0 aromatic heterocycles. The molecule has 1 nitrogen and oxygen atoms in total. The van der Waals surface area contributed by atoms with Gasteiger partial charge in [-0.05, 0) is 5.56 Å². The molecule has 1 aromatic carbocycles. The first-order chi connectivity index (χ1) is 5.29. The average Bonchev–Trinajstić information content (AvgIpc) is 2.03. The minimum Gasteiger partial charge on any atom is -0.154 e. The Morgan fingerprint density at radius 1 is 1.36 bits per heavy atom. The maximum Gasteiger partial charge on any atom is 0.411 e. The molecular formula is C7H8OPS2+. The molecule has 1 rings (SSSR count). The Bertz CT molecular complexity index is 237. The lowest BCUT2D eigenvalue weighted by molar-refractivity contribution is 0.358. The van der Waals surface area contributed by atoms with E-state index in [9.17, 15) is 0 Å². The molecule has 4 heteroatoms. The zero-order chi connectivity index (χ0) is 8.10. The molecule has 11 heavy (non-hydrogen) atoms. The third kappa shape index (κ3) is 3.82. The number of thiol groups is 1. The molecule has 0 saturated heterocycles. The first kappa shape index (κ1) is 9.14. The van der Waals surface area contributed by atoms with Crippen LogP contribution in [-0.2, 0) is 22.9 Å². The van der Waals surface area contributed by atoms with Crippen LogP contribution in [0.25, 0.3) is 0 Å². The monoisotopic (exact) mass is 203 g/mol. The second-order valence-corrected chi connectivity index (χ2v) is 5.63. The first-order valence-electron chi connectivity index (χ1n) is 3.12. The van der Waals surface area contributed by atoms with Gasteiger partial charge in [0.05, 0.1) is 0 Å². The van der Waals surface area contributed by atoms with Gasteiger partial charge in [-0.25, -0.2) is 0 Å². The van der Waals surface area contributed by atoms with E-state index < -0.39 is 6.13 Å². The highest BCUT2D eigenvalue weighted by Gasteiger charge is 2.03. The van der Waals surface area contributed by atoms with Crippen LogP contribution in [-0.4, -0.2) is 0 Å². The molecule has 0 aliphatic carbocycles. The van der Waals surface area contributed by atoms with Gasteiger partial charge in [-0.1, -0.05) is 30.3 Å². The molecule has 58 valence electrons. The van der Waals surface area contributed by atoms with Crippen LogP contribution >= 0.6 is 18.4 Å². The van der Waals surface area contributed by atoms with Gasteiger partial charge in [0.15, 0.2) is 0 Å². The topological polar surface area (TPSA) is 9.23 Å². The molecule has 0 radical (unpaired) electrons. The van der Waals surface area contributed by atoms with Crippen molar-refractivity contribution in [2.24, 2.45) is 0 Å². The van der Waals surface area contributed by atoms with Crippen molar-refractivity contribution in [3.05, 3.63) is 35.9 Å². The summed E-state index contributed by atoms with van der Waals surface area (Å²) in [5.41, 5.74) is 1.14. The number of hydrogen-bond acceptors (Lipinski definition) is 2. The van der Waals surface area contributed by atoms with Crippen LogP contribution in [0.2, 0.25) is 0 Å². The summed E-state index contributed by atoms with van der Waals surface area (Å²) in [5, 5.41) is 0. The third-order valence-electron chi connectivity index (χ3n) is 1.18. The van der Waals surface area contributed by atoms with Gasteiger partial charge in [0, 0.05) is 0 Å². The molecule has 0 heterocycles. The van der Waals surface area contributed by atoms with Crippen LogP contribution in [0.15, 0.2) is 30.3 Å². The Kier molecular flexibility index (Phi) is 4.02. The van der Waals surface area contributed by atoms with E-state index in [0.29, 0.717) is 6.61 Å². The molecule has 1 aromatic rings. The zero-order valence-electron chi connectivity index (χ0n) is 5.80. The Balaban J connectivity index is 2.45. The van der Waals surface area contributed by atoms with E-state index in [1.165, 1.54) is 0 Å². The van der Waals surface area contributed by atoms with Gasteiger partial charge in [-0.3, -0.25) is 0 Å². The summed E-state index contributed by atoms with van der Waals surface area (Å²) in [6, 6.07) is 9.93. The normalized spacial score (nSPS) is 11.2. The number of rotatable bonds is 3. The summed E-state index contributed by atoms with van der Waals surface area (Å²) in [6.45, 7) is 0.569. The van der Waals surface area contributed by atoms with Crippen molar-refractivity contribution >= 4 is 30.2 Å². The van der Waals surface area contributed by atoms with Crippen molar-refractivity contribution in [2.75, 3.05) is 0 Å². The maximum absolute atomic E-state index is 5.17. The van der Waals surface area contributed by atoms with Crippen molar-refractivity contribution in [3.8, 4) is 0 Å². The molecule has 0 amide bonds. The lowest BCUT2D eigenvalue weighted by Gasteiger charge is -1.92. The van der Waals surface area contributed by atoms with Gasteiger partial charge in [0.2, 0.25) is 11.8 Å². The fourth-order valence-corrected chi connectivity index (χ4v) is 1.29. The Labute approximate surface area is 77.4 Å². The zero-order valence-corrected chi connectivity index (χ0v) is 8.41. The van der Waals surface area contributed by atoms with Crippen molar-refractivity contribution in [2.45, 2.75) is 6.61 Å². The fourth-order valence-electron chi connectivity index (χ4n) is 0.704. The van der Waals surface area contributed by atoms with E-state index in [1.54, 1.807) is 0 Å². The third-order valence-corrected chi connectivity index (χ3v) is 2.20. The van der Waals surface area contributed by atoms with Crippen LogP contribution in [0.1, 0.15) is 5.56 Å². The van der Waals surface area contributed by atoms with Gasteiger partial charge in [0.25, 0.3) is 0 Å². The van der Waals surface area contributed by atoms with E-state index in [2.05, 4.69) is 12.2 Å². The van der Waals surface area contributed by atoms with Gasteiger partial charge in [-0.2, -0.15) is 4.52 Å². The molecule has 0 aliphatic rings. The van der Waals surface area contributed by atoms with Crippen LogP contribution in [0.4, 0.5) is 0 Å². The van der Waals surface area contributed by atoms with E-state index in [0.717, 1.165) is 5.56 Å². The molecule has 0 bridgehead atoms. The van der Waals surface area contributed by atoms with Gasteiger partial charge in [-0.15, -0.1) is 0 Å². The predicted octanol–water partition coefficient (Wildman–Crippen LogP) is 2.91. The Morgan fingerprint density at radius 3 is 2.55 bits per heavy atom. The first-order valence-corrected chi connectivity index (χ1v) is 6.54. The van der Waals surface area contributed by atoms with E-state index in [4.69, 9.17) is 16.3 Å². The van der Waals surface area contributed by atoms with E-state index in [1.807, 2.05) is 30.3 Å². The van der Waals surface area contributed by atoms with Crippen molar-refractivity contribution < 1.29 is 4.52 Å². The fraction of sp³-hybridized carbons (Fsp3) is 0.143. The second kappa shape index (κ2) is 4.83. The van der Waals surface area contributed by atoms with E-state index >= 15 is 0 Å². The second-order valence-electron chi connectivity index (χ2n) is 2.00. The quantitative estimate of drug-likeness (QED) is 0.597. The van der Waals surface area contributed by atoms with Gasteiger partial charge >= 0.3 is 6.13 Å². The summed E-state index contributed by atoms with van der Waals surface area (Å²) < 4.78 is 5.17. The van der Waals surface area contributed by atoms with Gasteiger partial charge < -0.3 is 0 Å². The standard InChI is InChI=1S/C7H7OPS2/c10-9(11)8-6-7-4-2-1-3-5-7/h1-5H,6H2/p+1. The molecule has 0 fully saturated rings. The minimum absolute atomic E-state index is 0.569. The highest BCUT2D eigenvalue weighted by Crippen LogP contribution is 2.28. The summed E-state index contributed by atoms with van der Waals surface area (Å²) in [7, 11) is 0. The maximum atomic E-state index is 5.17. The highest BCUT2D eigenvalue weighted by molar-refractivity contribution is 8.54. The van der Waals surface area contributed by atoms with Crippen molar-refractivity contribution in [3.63, 3.8) is 0 Å². The largest absolute Gasteiger partial charge is 0.411 e. The van der Waals surface area contributed by atoms with Crippen LogP contribution < -0.4 is 0 Å². The molecule has 0 saturated carbocycles. The van der Waals surface area contributed by atoms with Crippen molar-refractivity contribution in [1.29, 1.82) is 0 Å². The molecule has 0 aliphatic heterocycles. The highest BCUT2D eigenvalue weighted by atomic mass is 32.9. The van der Waals surface area contributed by atoms with Crippen LogP contribution in [0.5, 0.6) is 0 Å². The molecule has 0 N–H and O–H groups in total. The Hall–Kier alpha value is 0.0500. The smallest absolute Gasteiger partial charge is 0.154 e. The SMILES string of the molecule is S=[P+](S)OCc1ccccc1. The lowest BCUT2D eigenvalue weighted by atomic mass is 10.2. The summed E-state index contributed by atoms with van der Waals surface area (Å²) in [4.78, 5) is 0. The molecule has 1 atom stereocenters. The van der Waals surface area contributed by atoms with Crippen LogP contribution in [0, 0.1) is 0 Å². The summed E-state index contributed by atoms with van der Waals surface area (Å²) in [6.07, 6.45) is -0.946. The predicted molar refractivity (Wildman–Crippen MR) is 54.5 cm³/mol. The molecular weight excluding hydrogens is 195 g/mol. The van der Waals surface area contributed by atoms with Gasteiger partial charge in [0.1, 0.15) is 18.9 Å². The van der Waals surface area contributed by atoms with E-state index in [-0.39, 0.29) is 0 Å². The summed E-state index contributed by atoms with van der Waals surface area (Å²) >= 11 is 8.77. The van der Waals surface area contributed by atoms with Crippen molar-refractivity contribution in [1.82, 2.24) is 0 Å².